The Labute approximate surface area is 230 Å². The molecule has 1 aliphatic heterocycles. The molecule has 6 rings (SSSR count). The van der Waals surface area contributed by atoms with Gasteiger partial charge < -0.3 is 5.32 Å². The van der Waals surface area contributed by atoms with E-state index in [9.17, 15) is 22.8 Å². The number of alkyl halides is 2. The number of halogens is 4. The summed E-state index contributed by atoms with van der Waals surface area (Å²) in [4.78, 5) is 43.5. The number of carbonyl (C=O) groups excluding carboxylic acids is 2. The van der Waals surface area contributed by atoms with Crippen molar-refractivity contribution < 1.29 is 22.8 Å². The molecule has 0 unspecified atom stereocenters. The van der Waals surface area contributed by atoms with Crippen LogP contribution in [0.3, 0.4) is 0 Å². The van der Waals surface area contributed by atoms with Crippen LogP contribution in [0.5, 0.6) is 0 Å². The fourth-order valence-electron chi connectivity index (χ4n) is 4.89. The Balaban J connectivity index is 1.13. The van der Waals surface area contributed by atoms with Gasteiger partial charge in [0.15, 0.2) is 5.82 Å². The van der Waals surface area contributed by atoms with Crippen LogP contribution in [0.15, 0.2) is 49.3 Å². The van der Waals surface area contributed by atoms with Crippen molar-refractivity contribution in [3.63, 3.8) is 0 Å². The predicted molar refractivity (Wildman–Crippen MR) is 137 cm³/mol. The number of benzene rings is 1. The molecular formula is C26H20ClF3N8O2. The number of carbonyl (C=O) groups is 2. The van der Waals surface area contributed by atoms with Gasteiger partial charge in [-0.15, -0.1) is 0 Å². The highest BCUT2D eigenvalue weighted by Gasteiger charge is 2.47. The molecule has 2 amide bonds. The molecule has 4 heterocycles. The molecule has 0 bridgehead atoms. The number of fused-ring (bicyclic) bond motifs is 1. The third-order valence-electron chi connectivity index (χ3n) is 7.07. The second kappa shape index (κ2) is 10.3. The lowest BCUT2D eigenvalue weighted by Gasteiger charge is -2.25. The summed E-state index contributed by atoms with van der Waals surface area (Å²) in [6.45, 7) is 0.953. The van der Waals surface area contributed by atoms with Crippen LogP contribution in [-0.2, 0) is 11.3 Å². The van der Waals surface area contributed by atoms with E-state index in [1.54, 1.807) is 28.2 Å². The van der Waals surface area contributed by atoms with Crippen LogP contribution < -0.4 is 10.2 Å². The van der Waals surface area contributed by atoms with Crippen molar-refractivity contribution in [2.45, 2.75) is 25.8 Å². The Morgan fingerprint density at radius 3 is 2.60 bits per heavy atom. The zero-order chi connectivity index (χ0) is 28.0. The zero-order valence-corrected chi connectivity index (χ0v) is 21.4. The first-order valence-corrected chi connectivity index (χ1v) is 12.7. The minimum absolute atomic E-state index is 0.0823. The van der Waals surface area contributed by atoms with Gasteiger partial charge in [-0.3, -0.25) is 24.2 Å². The summed E-state index contributed by atoms with van der Waals surface area (Å²) in [5.74, 6) is -0.815. The summed E-state index contributed by atoms with van der Waals surface area (Å²) >= 11 is 5.79. The van der Waals surface area contributed by atoms with Crippen molar-refractivity contribution in [2.75, 3.05) is 16.8 Å². The van der Waals surface area contributed by atoms with Crippen molar-refractivity contribution >= 4 is 35.1 Å². The molecule has 204 valence electrons. The topological polar surface area (TPSA) is 119 Å². The second-order valence-corrected chi connectivity index (χ2v) is 9.99. The first-order chi connectivity index (χ1) is 19.3. The van der Waals surface area contributed by atoms with Crippen molar-refractivity contribution in [1.82, 2.24) is 29.7 Å². The third kappa shape index (κ3) is 4.76. The van der Waals surface area contributed by atoms with E-state index < -0.39 is 29.3 Å². The van der Waals surface area contributed by atoms with E-state index in [2.05, 4.69) is 30.4 Å². The van der Waals surface area contributed by atoms with Gasteiger partial charge in [-0.2, -0.15) is 5.10 Å². The molecule has 1 aliphatic carbocycles. The number of amides is 2. The average Bonchev–Trinajstić information content (AvgIpc) is 3.45. The Kier molecular flexibility index (Phi) is 6.66. The van der Waals surface area contributed by atoms with E-state index in [1.807, 2.05) is 0 Å². The average molecular weight is 569 g/mol. The van der Waals surface area contributed by atoms with Crippen LogP contribution in [0.4, 0.5) is 24.8 Å². The van der Waals surface area contributed by atoms with Gasteiger partial charge in [0.1, 0.15) is 5.69 Å². The largest absolute Gasteiger partial charge is 0.318 e. The third-order valence-corrected chi connectivity index (χ3v) is 7.36. The molecule has 3 aromatic heterocycles. The minimum Gasteiger partial charge on any atom is -0.318 e. The van der Waals surface area contributed by atoms with E-state index in [-0.39, 0.29) is 28.2 Å². The highest BCUT2D eigenvalue weighted by molar-refractivity contribution is 6.31. The SMILES string of the molecule is O=C(Nc1cnn(Cc2cnc(N3C[C@H]4CC[C@H]4C3=O)nc2)c1)c1cncc(-c2c(C(F)F)ccc(Cl)c2F)n1. The molecule has 10 nitrogen and oxygen atoms in total. The first-order valence-electron chi connectivity index (χ1n) is 12.3. The van der Waals surface area contributed by atoms with E-state index in [0.717, 1.165) is 42.9 Å². The van der Waals surface area contributed by atoms with Gasteiger partial charge in [0.2, 0.25) is 11.9 Å². The second-order valence-electron chi connectivity index (χ2n) is 9.58. The van der Waals surface area contributed by atoms with Crippen molar-refractivity contribution in [3.05, 3.63) is 77.0 Å². The molecule has 1 N–H and O–H groups in total. The van der Waals surface area contributed by atoms with Gasteiger partial charge >= 0.3 is 0 Å². The molecule has 1 aromatic carbocycles. The van der Waals surface area contributed by atoms with Crippen molar-refractivity contribution in [1.29, 1.82) is 0 Å². The molecule has 1 saturated carbocycles. The van der Waals surface area contributed by atoms with Gasteiger partial charge in [0.05, 0.1) is 41.5 Å². The fourth-order valence-corrected chi connectivity index (χ4v) is 5.04. The van der Waals surface area contributed by atoms with E-state index in [1.165, 1.54) is 6.20 Å². The highest BCUT2D eigenvalue weighted by Crippen LogP contribution is 2.42. The van der Waals surface area contributed by atoms with Gasteiger partial charge in [0, 0.05) is 47.7 Å². The summed E-state index contributed by atoms with van der Waals surface area (Å²) in [6.07, 6.45) is 7.42. The molecule has 14 heteroatoms. The van der Waals surface area contributed by atoms with Crippen LogP contribution in [-0.4, -0.2) is 48.1 Å². The van der Waals surface area contributed by atoms with Gasteiger partial charge in [-0.1, -0.05) is 17.7 Å². The predicted octanol–water partition coefficient (Wildman–Crippen LogP) is 4.53. The van der Waals surface area contributed by atoms with Crippen LogP contribution in [0.2, 0.25) is 5.02 Å². The lowest BCUT2D eigenvalue weighted by Crippen LogP contribution is -2.29. The van der Waals surface area contributed by atoms with Gasteiger partial charge in [-0.05, 0) is 24.8 Å². The van der Waals surface area contributed by atoms with Crippen LogP contribution in [0, 0.1) is 17.7 Å². The van der Waals surface area contributed by atoms with Crippen LogP contribution in [0.1, 0.15) is 40.9 Å². The molecule has 2 fully saturated rings. The summed E-state index contributed by atoms with van der Waals surface area (Å²) in [5, 5.41) is 6.46. The number of hydrogen-bond donors (Lipinski definition) is 1. The van der Waals surface area contributed by atoms with E-state index >= 15 is 0 Å². The zero-order valence-electron chi connectivity index (χ0n) is 20.6. The molecular weight excluding hydrogens is 549 g/mol. The lowest BCUT2D eigenvalue weighted by molar-refractivity contribution is -0.123. The van der Waals surface area contributed by atoms with Crippen molar-refractivity contribution in [3.8, 4) is 11.3 Å². The first kappa shape index (κ1) is 25.9. The summed E-state index contributed by atoms with van der Waals surface area (Å²) < 4.78 is 43.2. The lowest BCUT2D eigenvalue weighted by atomic mass is 9.76. The monoisotopic (exact) mass is 568 g/mol. The molecule has 1 saturated heterocycles. The Morgan fingerprint density at radius 2 is 1.93 bits per heavy atom. The Morgan fingerprint density at radius 1 is 1.12 bits per heavy atom. The van der Waals surface area contributed by atoms with Gasteiger partial charge in [0.25, 0.3) is 12.3 Å². The molecule has 0 spiro atoms. The van der Waals surface area contributed by atoms with E-state index in [0.29, 0.717) is 30.6 Å². The standard InChI is InChI=1S/C26H20ClF3N8O2/c27-18-4-3-17(23(29)30)21(22(18)28)19-8-31-9-20(36-19)24(39)35-15-7-34-37(12-15)10-13-5-32-26(33-6-13)38-11-14-1-2-16(14)25(38)40/h3-9,12,14,16,23H,1-2,10-11H2,(H,35,39)/t14-,16-/m1/s1. The Hall–Kier alpha value is -4.39. The normalized spacial score (nSPS) is 18.1. The maximum atomic E-state index is 14.6. The summed E-state index contributed by atoms with van der Waals surface area (Å²) in [5.41, 5.74) is -0.561. The number of nitrogens with zero attached hydrogens (tertiary/aromatic N) is 7. The minimum atomic E-state index is -2.99. The van der Waals surface area contributed by atoms with Crippen LogP contribution in [0.25, 0.3) is 11.3 Å². The summed E-state index contributed by atoms with van der Waals surface area (Å²) in [7, 11) is 0. The highest BCUT2D eigenvalue weighted by atomic mass is 35.5. The smallest absolute Gasteiger partial charge is 0.275 e. The molecule has 2 atom stereocenters. The van der Waals surface area contributed by atoms with E-state index in [4.69, 9.17) is 11.6 Å². The quantitative estimate of drug-likeness (QED) is 0.348. The van der Waals surface area contributed by atoms with Crippen molar-refractivity contribution in [2.24, 2.45) is 11.8 Å². The molecule has 4 aromatic rings. The number of rotatable bonds is 7. The van der Waals surface area contributed by atoms with Gasteiger partial charge in [-0.25, -0.2) is 28.1 Å². The number of anilines is 2. The maximum absolute atomic E-state index is 14.6. The number of nitrogens with one attached hydrogen (secondary N) is 1. The molecule has 40 heavy (non-hydrogen) atoms. The molecule has 0 radical (unpaired) electrons. The number of aromatic nitrogens is 6. The molecule has 2 aliphatic rings. The Bertz CT molecular complexity index is 1610. The summed E-state index contributed by atoms with van der Waals surface area (Å²) in [6, 6.07) is 2.03. The van der Waals surface area contributed by atoms with Crippen LogP contribution >= 0.6 is 11.6 Å². The maximum Gasteiger partial charge on any atom is 0.275 e. The number of hydrogen-bond acceptors (Lipinski definition) is 7. The fraction of sp³-hybridized carbons (Fsp3) is 0.269.